The summed E-state index contributed by atoms with van der Waals surface area (Å²) in [5.74, 6) is -0.310. The molecule has 1 aromatic carbocycles. The van der Waals surface area contributed by atoms with E-state index < -0.39 is 6.61 Å². The summed E-state index contributed by atoms with van der Waals surface area (Å²) in [6.45, 7) is 1.37. The predicted molar refractivity (Wildman–Crippen MR) is 82.2 cm³/mol. The van der Waals surface area contributed by atoms with E-state index in [1.165, 1.54) is 38.2 Å². The molecule has 0 spiro atoms. The molecule has 0 atom stereocenters. The van der Waals surface area contributed by atoms with Gasteiger partial charge in [0.25, 0.3) is 5.91 Å². The molecule has 23 heavy (non-hydrogen) atoms. The van der Waals surface area contributed by atoms with Crippen molar-refractivity contribution in [1.29, 1.82) is 0 Å². The van der Waals surface area contributed by atoms with Crippen LogP contribution in [0.25, 0.3) is 0 Å². The molecule has 128 valence electrons. The molecule has 1 N–H and O–H groups in total. The van der Waals surface area contributed by atoms with Crippen molar-refractivity contribution in [3.05, 3.63) is 23.8 Å². The third kappa shape index (κ3) is 5.06. The van der Waals surface area contributed by atoms with Gasteiger partial charge in [0.1, 0.15) is 0 Å². The lowest BCUT2D eigenvalue weighted by molar-refractivity contribution is -0.0512. The van der Waals surface area contributed by atoms with Crippen molar-refractivity contribution in [1.82, 2.24) is 10.2 Å². The van der Waals surface area contributed by atoms with Gasteiger partial charge in [-0.2, -0.15) is 8.78 Å². The van der Waals surface area contributed by atoms with Crippen LogP contribution in [0.2, 0.25) is 0 Å². The fourth-order valence-electron chi connectivity index (χ4n) is 2.46. The van der Waals surface area contributed by atoms with Gasteiger partial charge < -0.3 is 14.8 Å². The number of ether oxygens (including phenoxy) is 2. The molecule has 5 nitrogen and oxygen atoms in total. The molecule has 2 rings (SSSR count). The molecule has 1 aliphatic carbocycles. The normalized spacial score (nSPS) is 14.2. The van der Waals surface area contributed by atoms with Gasteiger partial charge in [0.15, 0.2) is 11.5 Å². The van der Waals surface area contributed by atoms with E-state index in [0.717, 1.165) is 13.1 Å². The van der Waals surface area contributed by atoms with E-state index >= 15 is 0 Å². The smallest absolute Gasteiger partial charge is 0.387 e. The number of amides is 1. The van der Waals surface area contributed by atoms with E-state index in [2.05, 4.69) is 21.9 Å². The fraction of sp³-hybridized carbons (Fsp3) is 0.562. The largest absolute Gasteiger partial charge is 0.493 e. The lowest BCUT2D eigenvalue weighted by Crippen LogP contribution is -2.36. The number of methoxy groups -OCH3 is 1. The van der Waals surface area contributed by atoms with Gasteiger partial charge in [-0.3, -0.25) is 9.69 Å². The number of nitrogens with zero attached hydrogens (tertiary/aromatic N) is 1. The first-order chi connectivity index (χ1) is 11.0. The number of nitrogens with one attached hydrogen (secondary N) is 1. The second-order valence-electron chi connectivity index (χ2n) is 5.36. The van der Waals surface area contributed by atoms with Gasteiger partial charge in [-0.25, -0.2) is 0 Å². The Bertz CT molecular complexity index is 536. The van der Waals surface area contributed by atoms with Gasteiger partial charge in [-0.05, 0) is 37.6 Å². The van der Waals surface area contributed by atoms with E-state index in [9.17, 15) is 13.6 Å². The average Bonchev–Trinajstić information content (AvgIpc) is 3.35. The summed E-state index contributed by atoms with van der Waals surface area (Å²) in [6, 6.07) is 4.86. The van der Waals surface area contributed by atoms with E-state index in [-0.39, 0.29) is 23.0 Å². The van der Waals surface area contributed by atoms with E-state index in [1.54, 1.807) is 0 Å². The first-order valence-electron chi connectivity index (χ1n) is 7.70. The molecule has 1 aromatic rings. The number of hydrogen-bond donors (Lipinski definition) is 1. The molecule has 0 aliphatic heterocycles. The van der Waals surface area contributed by atoms with E-state index in [0.29, 0.717) is 12.6 Å². The zero-order valence-electron chi connectivity index (χ0n) is 13.4. The van der Waals surface area contributed by atoms with Crippen molar-refractivity contribution < 1.29 is 23.0 Å². The van der Waals surface area contributed by atoms with Crippen LogP contribution in [0.4, 0.5) is 8.78 Å². The van der Waals surface area contributed by atoms with Crippen molar-refractivity contribution in [2.24, 2.45) is 0 Å². The molecule has 1 amide bonds. The van der Waals surface area contributed by atoms with Gasteiger partial charge in [0.05, 0.1) is 7.11 Å². The van der Waals surface area contributed by atoms with Gasteiger partial charge in [-0.1, -0.05) is 6.92 Å². The summed E-state index contributed by atoms with van der Waals surface area (Å²) in [4.78, 5) is 14.4. The molecule has 0 saturated heterocycles. The molecule has 0 unspecified atom stereocenters. The molecule has 1 aliphatic rings. The molecule has 1 fully saturated rings. The summed E-state index contributed by atoms with van der Waals surface area (Å²) in [5.41, 5.74) is 0.260. The van der Waals surface area contributed by atoms with Crippen molar-refractivity contribution in [2.75, 3.05) is 26.7 Å². The van der Waals surface area contributed by atoms with Gasteiger partial charge >= 0.3 is 6.61 Å². The number of carbonyl (C=O) groups excluding carboxylic acids is 1. The number of benzene rings is 1. The molecular formula is C16H22F2N2O3. The number of halogens is 2. The standard InChI is InChI=1S/C16H22F2N2O3/c1-3-20(12-5-6-12)9-8-19-15(21)11-4-7-13(22-2)14(10-11)23-16(17)18/h4,7,10,12,16H,3,5-6,8-9H2,1-2H3,(H,19,21). The van der Waals surface area contributed by atoms with Gasteiger partial charge in [0.2, 0.25) is 0 Å². The first kappa shape index (κ1) is 17.5. The Morgan fingerprint density at radius 1 is 1.39 bits per heavy atom. The Morgan fingerprint density at radius 2 is 2.13 bits per heavy atom. The van der Waals surface area contributed by atoms with E-state index in [1.807, 2.05) is 0 Å². The van der Waals surface area contributed by atoms with Gasteiger partial charge in [-0.15, -0.1) is 0 Å². The molecule has 1 saturated carbocycles. The van der Waals surface area contributed by atoms with Crippen LogP contribution in [0.15, 0.2) is 18.2 Å². The van der Waals surface area contributed by atoms with Crippen LogP contribution in [0, 0.1) is 0 Å². The minimum Gasteiger partial charge on any atom is -0.493 e. The number of likely N-dealkylation sites (N-methyl/N-ethyl adjacent to an activating group) is 1. The third-order valence-electron chi connectivity index (χ3n) is 3.80. The number of carbonyl (C=O) groups is 1. The van der Waals surface area contributed by atoms with Crippen LogP contribution >= 0.6 is 0 Å². The minimum absolute atomic E-state index is 0.150. The van der Waals surface area contributed by atoms with Crippen LogP contribution in [-0.4, -0.2) is 50.2 Å². The fourth-order valence-corrected chi connectivity index (χ4v) is 2.46. The Morgan fingerprint density at radius 3 is 2.70 bits per heavy atom. The Kier molecular flexibility index (Phi) is 6.15. The van der Waals surface area contributed by atoms with Crippen molar-refractivity contribution in [3.8, 4) is 11.5 Å². The molecule has 0 bridgehead atoms. The maximum Gasteiger partial charge on any atom is 0.387 e. The zero-order valence-corrected chi connectivity index (χ0v) is 13.4. The summed E-state index contributed by atoms with van der Waals surface area (Å²) < 4.78 is 34.1. The summed E-state index contributed by atoms with van der Waals surface area (Å²) >= 11 is 0. The maximum absolute atomic E-state index is 12.4. The van der Waals surface area contributed by atoms with Crippen LogP contribution in [0.3, 0.4) is 0 Å². The van der Waals surface area contributed by atoms with Crippen molar-refractivity contribution >= 4 is 5.91 Å². The Balaban J connectivity index is 1.92. The van der Waals surface area contributed by atoms with Crippen LogP contribution < -0.4 is 14.8 Å². The molecule has 0 heterocycles. The summed E-state index contributed by atoms with van der Waals surface area (Å²) in [6.07, 6.45) is 2.43. The second-order valence-corrected chi connectivity index (χ2v) is 5.36. The number of alkyl halides is 2. The molecule has 0 radical (unpaired) electrons. The number of rotatable bonds is 9. The lowest BCUT2D eigenvalue weighted by atomic mass is 10.2. The zero-order chi connectivity index (χ0) is 16.8. The third-order valence-corrected chi connectivity index (χ3v) is 3.80. The Labute approximate surface area is 134 Å². The van der Waals surface area contributed by atoms with E-state index in [4.69, 9.17) is 4.74 Å². The quantitative estimate of drug-likeness (QED) is 0.757. The van der Waals surface area contributed by atoms with Crippen LogP contribution in [0.1, 0.15) is 30.1 Å². The highest BCUT2D eigenvalue weighted by Gasteiger charge is 2.27. The highest BCUT2D eigenvalue weighted by atomic mass is 19.3. The second kappa shape index (κ2) is 8.10. The van der Waals surface area contributed by atoms with Gasteiger partial charge in [0, 0.05) is 24.7 Å². The van der Waals surface area contributed by atoms with Crippen LogP contribution in [-0.2, 0) is 0 Å². The van der Waals surface area contributed by atoms with Crippen molar-refractivity contribution in [3.63, 3.8) is 0 Å². The lowest BCUT2D eigenvalue weighted by Gasteiger charge is -2.19. The SMILES string of the molecule is CCN(CCNC(=O)c1ccc(OC)c(OC(F)F)c1)C1CC1. The first-order valence-corrected chi connectivity index (χ1v) is 7.70. The summed E-state index contributed by atoms with van der Waals surface area (Å²) in [5, 5.41) is 2.80. The Hall–Kier alpha value is -1.89. The highest BCUT2D eigenvalue weighted by molar-refractivity contribution is 5.94. The highest BCUT2D eigenvalue weighted by Crippen LogP contribution is 2.29. The molecule has 0 aromatic heterocycles. The average molecular weight is 328 g/mol. The summed E-state index contributed by atoms with van der Waals surface area (Å²) in [7, 11) is 1.35. The molecular weight excluding hydrogens is 306 g/mol. The van der Waals surface area contributed by atoms with Crippen LogP contribution in [0.5, 0.6) is 11.5 Å². The predicted octanol–water partition coefficient (Wildman–Crippen LogP) is 2.51. The minimum atomic E-state index is -2.97. The monoisotopic (exact) mass is 328 g/mol. The maximum atomic E-state index is 12.4. The molecule has 7 heteroatoms. The van der Waals surface area contributed by atoms with Crippen molar-refractivity contribution in [2.45, 2.75) is 32.4 Å². The number of hydrogen-bond acceptors (Lipinski definition) is 4. The topological polar surface area (TPSA) is 50.8 Å².